The van der Waals surface area contributed by atoms with Crippen molar-refractivity contribution in [1.29, 1.82) is 0 Å². The van der Waals surface area contributed by atoms with Crippen molar-refractivity contribution in [3.8, 4) is 5.75 Å². The first-order valence-electron chi connectivity index (χ1n) is 7.90. The lowest BCUT2D eigenvalue weighted by Gasteiger charge is -2.23. The normalized spacial score (nSPS) is 15.7. The van der Waals surface area contributed by atoms with E-state index in [1.807, 2.05) is 12.1 Å². The van der Waals surface area contributed by atoms with Crippen LogP contribution in [-0.2, 0) is 6.42 Å². The molecule has 3 heteroatoms. The first kappa shape index (κ1) is 16.1. The van der Waals surface area contributed by atoms with Crippen LogP contribution in [0.5, 0.6) is 5.75 Å². The Kier molecular flexibility index (Phi) is 5.64. The van der Waals surface area contributed by atoms with Crippen molar-refractivity contribution in [2.45, 2.75) is 44.6 Å². The molecule has 0 heterocycles. The van der Waals surface area contributed by atoms with Crippen LogP contribution in [0.15, 0.2) is 42.5 Å². The molecule has 0 spiro atoms. The number of halogens is 2. The lowest BCUT2D eigenvalue weighted by Crippen LogP contribution is -2.19. The van der Waals surface area contributed by atoms with Gasteiger partial charge in [-0.05, 0) is 96.2 Å². The summed E-state index contributed by atoms with van der Waals surface area (Å²) < 4.78 is 7.29. The van der Waals surface area contributed by atoms with Gasteiger partial charge in [0, 0.05) is 8.59 Å². The molecule has 116 valence electrons. The summed E-state index contributed by atoms with van der Waals surface area (Å²) in [5.74, 6) is 0.990. The van der Waals surface area contributed by atoms with E-state index in [9.17, 15) is 0 Å². The Morgan fingerprint density at radius 2 is 1.73 bits per heavy atom. The third-order valence-electron chi connectivity index (χ3n) is 4.18. The van der Waals surface area contributed by atoms with Gasteiger partial charge in [-0.15, -0.1) is 0 Å². The van der Waals surface area contributed by atoms with Gasteiger partial charge in [0.05, 0.1) is 6.10 Å². The van der Waals surface area contributed by atoms with E-state index in [4.69, 9.17) is 16.3 Å². The second-order valence-electron chi connectivity index (χ2n) is 5.93. The lowest BCUT2D eigenvalue weighted by molar-refractivity contribution is 0.155. The third kappa shape index (κ3) is 4.39. The fourth-order valence-electron chi connectivity index (χ4n) is 2.96. The van der Waals surface area contributed by atoms with Crippen molar-refractivity contribution in [1.82, 2.24) is 0 Å². The van der Waals surface area contributed by atoms with Gasteiger partial charge in [-0.3, -0.25) is 0 Å². The molecule has 0 atom stereocenters. The van der Waals surface area contributed by atoms with Crippen LogP contribution in [0.25, 0.3) is 0 Å². The summed E-state index contributed by atoms with van der Waals surface area (Å²) in [6, 6.07) is 14.6. The quantitative estimate of drug-likeness (QED) is 0.525. The standard InChI is InChI=1S/C19H20ClIO/c20-19-11-8-16(21)13-15(19)12-14-6-9-18(10-7-14)22-17-4-2-1-3-5-17/h6-11,13,17H,1-5,12H2. The molecule has 2 aromatic rings. The molecule has 1 aliphatic carbocycles. The van der Waals surface area contributed by atoms with E-state index in [2.05, 4.69) is 52.9 Å². The molecule has 0 aliphatic heterocycles. The van der Waals surface area contributed by atoms with Crippen LogP contribution in [-0.4, -0.2) is 6.10 Å². The van der Waals surface area contributed by atoms with Gasteiger partial charge >= 0.3 is 0 Å². The number of hydrogen-bond donors (Lipinski definition) is 0. The Morgan fingerprint density at radius 3 is 2.45 bits per heavy atom. The molecule has 0 unspecified atom stereocenters. The number of benzene rings is 2. The first-order valence-corrected chi connectivity index (χ1v) is 9.36. The molecule has 22 heavy (non-hydrogen) atoms. The van der Waals surface area contributed by atoms with E-state index in [0.717, 1.165) is 17.2 Å². The van der Waals surface area contributed by atoms with Crippen molar-refractivity contribution in [2.24, 2.45) is 0 Å². The van der Waals surface area contributed by atoms with Gasteiger partial charge in [-0.25, -0.2) is 0 Å². The van der Waals surface area contributed by atoms with Crippen molar-refractivity contribution < 1.29 is 4.74 Å². The summed E-state index contributed by atoms with van der Waals surface area (Å²) in [6.07, 6.45) is 7.61. The number of ether oxygens (including phenoxy) is 1. The van der Waals surface area contributed by atoms with Crippen LogP contribution in [0.2, 0.25) is 5.02 Å². The lowest BCUT2D eigenvalue weighted by atomic mass is 9.98. The van der Waals surface area contributed by atoms with Gasteiger partial charge in [0.15, 0.2) is 0 Å². The molecule has 0 radical (unpaired) electrons. The fraction of sp³-hybridized carbons (Fsp3) is 0.368. The summed E-state index contributed by atoms with van der Waals surface area (Å²) in [5.41, 5.74) is 2.44. The highest BCUT2D eigenvalue weighted by Gasteiger charge is 2.14. The SMILES string of the molecule is Clc1ccc(I)cc1Cc1ccc(OC2CCCCC2)cc1. The summed E-state index contributed by atoms with van der Waals surface area (Å²) in [5, 5.41) is 0.836. The minimum atomic E-state index is 0.407. The monoisotopic (exact) mass is 426 g/mol. The van der Waals surface area contributed by atoms with E-state index in [1.165, 1.54) is 46.8 Å². The summed E-state index contributed by atoms with van der Waals surface area (Å²) >= 11 is 8.60. The Morgan fingerprint density at radius 1 is 1.00 bits per heavy atom. The first-order chi connectivity index (χ1) is 10.7. The second kappa shape index (κ2) is 7.69. The van der Waals surface area contributed by atoms with Crippen molar-refractivity contribution in [2.75, 3.05) is 0 Å². The van der Waals surface area contributed by atoms with E-state index in [0.29, 0.717) is 6.10 Å². The maximum absolute atomic E-state index is 6.28. The molecular weight excluding hydrogens is 407 g/mol. The van der Waals surface area contributed by atoms with Crippen LogP contribution in [0, 0.1) is 3.57 Å². The van der Waals surface area contributed by atoms with Crippen LogP contribution in [0.1, 0.15) is 43.2 Å². The van der Waals surface area contributed by atoms with Crippen LogP contribution in [0.4, 0.5) is 0 Å². The van der Waals surface area contributed by atoms with Crippen LogP contribution < -0.4 is 4.74 Å². The average Bonchev–Trinajstić information content (AvgIpc) is 2.54. The molecule has 0 aromatic heterocycles. The predicted molar refractivity (Wildman–Crippen MR) is 101 cm³/mol. The Balaban J connectivity index is 1.64. The average molecular weight is 427 g/mol. The minimum Gasteiger partial charge on any atom is -0.490 e. The van der Waals surface area contributed by atoms with Crippen LogP contribution in [0.3, 0.4) is 0 Å². The van der Waals surface area contributed by atoms with Crippen molar-refractivity contribution in [3.05, 3.63) is 62.2 Å². The molecule has 0 saturated heterocycles. The Hall–Kier alpha value is -0.740. The van der Waals surface area contributed by atoms with Gasteiger partial charge in [-0.1, -0.05) is 30.2 Å². The molecule has 1 nitrogen and oxygen atoms in total. The van der Waals surface area contributed by atoms with E-state index in [1.54, 1.807) is 0 Å². The molecule has 1 aliphatic rings. The van der Waals surface area contributed by atoms with Crippen molar-refractivity contribution in [3.63, 3.8) is 0 Å². The maximum atomic E-state index is 6.28. The van der Waals surface area contributed by atoms with Gasteiger partial charge in [0.2, 0.25) is 0 Å². The minimum absolute atomic E-state index is 0.407. The zero-order chi connectivity index (χ0) is 15.4. The molecule has 3 rings (SSSR count). The highest BCUT2D eigenvalue weighted by atomic mass is 127. The Bertz CT molecular complexity index is 618. The third-order valence-corrected chi connectivity index (χ3v) is 5.22. The summed E-state index contributed by atoms with van der Waals surface area (Å²) in [7, 11) is 0. The van der Waals surface area contributed by atoms with Gasteiger partial charge in [0.1, 0.15) is 5.75 Å². The van der Waals surface area contributed by atoms with E-state index in [-0.39, 0.29) is 0 Å². The molecule has 1 fully saturated rings. The topological polar surface area (TPSA) is 9.23 Å². The molecule has 0 amide bonds. The van der Waals surface area contributed by atoms with E-state index < -0.39 is 0 Å². The molecular formula is C19H20ClIO. The predicted octanol–water partition coefficient (Wildman–Crippen LogP) is 6.25. The molecule has 0 bridgehead atoms. The largest absolute Gasteiger partial charge is 0.490 e. The molecule has 2 aromatic carbocycles. The highest BCUT2D eigenvalue weighted by Crippen LogP contribution is 2.25. The second-order valence-corrected chi connectivity index (χ2v) is 7.59. The summed E-state index contributed by atoms with van der Waals surface area (Å²) in [6.45, 7) is 0. The van der Waals surface area contributed by atoms with E-state index >= 15 is 0 Å². The zero-order valence-electron chi connectivity index (χ0n) is 12.5. The maximum Gasteiger partial charge on any atom is 0.119 e. The van der Waals surface area contributed by atoms with Gasteiger partial charge in [-0.2, -0.15) is 0 Å². The van der Waals surface area contributed by atoms with Gasteiger partial charge in [0.25, 0.3) is 0 Å². The number of hydrogen-bond acceptors (Lipinski definition) is 1. The molecule has 0 N–H and O–H groups in total. The fourth-order valence-corrected chi connectivity index (χ4v) is 3.70. The highest BCUT2D eigenvalue weighted by molar-refractivity contribution is 14.1. The number of rotatable bonds is 4. The zero-order valence-corrected chi connectivity index (χ0v) is 15.4. The van der Waals surface area contributed by atoms with Crippen LogP contribution >= 0.6 is 34.2 Å². The van der Waals surface area contributed by atoms with Crippen molar-refractivity contribution >= 4 is 34.2 Å². The Labute approximate surface area is 151 Å². The smallest absolute Gasteiger partial charge is 0.119 e. The van der Waals surface area contributed by atoms with Gasteiger partial charge < -0.3 is 4.74 Å². The molecule has 1 saturated carbocycles. The summed E-state index contributed by atoms with van der Waals surface area (Å²) in [4.78, 5) is 0.